The van der Waals surface area contributed by atoms with E-state index in [9.17, 15) is 19.5 Å². The van der Waals surface area contributed by atoms with Crippen molar-refractivity contribution in [1.29, 1.82) is 0 Å². The fraction of sp³-hybridized carbons (Fsp3) is 0.609. The lowest BCUT2D eigenvalue weighted by atomic mass is 9.70. The molecule has 3 aliphatic rings. The van der Waals surface area contributed by atoms with Gasteiger partial charge in [0.05, 0.1) is 24.5 Å². The molecule has 3 fully saturated rings. The molecule has 2 unspecified atom stereocenters. The molecule has 8 nitrogen and oxygen atoms in total. The normalized spacial score (nSPS) is 31.1. The number of nitrogens with one attached hydrogen (secondary N) is 2. The number of ether oxygens (including phenoxy) is 1. The maximum Gasteiger partial charge on any atom is 0.250 e. The second kappa shape index (κ2) is 8.24. The molecule has 1 aromatic carbocycles. The predicted molar refractivity (Wildman–Crippen MR) is 114 cm³/mol. The zero-order valence-electron chi connectivity index (χ0n) is 18.3. The van der Waals surface area contributed by atoms with Crippen LogP contribution in [-0.2, 0) is 19.1 Å². The number of fused-ring (bicyclic) bond motifs is 1. The van der Waals surface area contributed by atoms with Crippen LogP contribution in [0.4, 0.5) is 5.69 Å². The lowest BCUT2D eigenvalue weighted by molar-refractivity contribution is -0.141. The first-order chi connectivity index (χ1) is 14.9. The van der Waals surface area contributed by atoms with Gasteiger partial charge in [0, 0.05) is 18.8 Å². The number of carbonyl (C=O) groups is 3. The quantitative estimate of drug-likeness (QED) is 0.602. The number of aryl methyl sites for hydroxylation is 2. The minimum absolute atomic E-state index is 0.0270. The van der Waals surface area contributed by atoms with E-state index in [-0.39, 0.29) is 37.0 Å². The standard InChI is InChI=1S/C23H31N3O5/c1-4-10-24-20(28)16-15-8-9-23(31-15)17(16)22(30)26(11-12-27)19(23)21(29)25-18-13(2)6-5-7-14(18)3/h5-7,15-17,19,27H,4,8-12H2,1-3H3,(H,24,28)(H,25,29)/t15-,16+,17+,19?,23?/m1/s1. The second-order valence-electron chi connectivity index (χ2n) is 8.86. The van der Waals surface area contributed by atoms with Crippen LogP contribution in [0.3, 0.4) is 0 Å². The SMILES string of the molecule is CCCNC(=O)[C@@H]1[C@H]2C(=O)N(CCO)C(C(=O)Nc3c(C)cccc3C)C23CC[C@H]1O3. The third kappa shape index (κ3) is 3.32. The van der Waals surface area contributed by atoms with E-state index >= 15 is 0 Å². The number of rotatable bonds is 7. The van der Waals surface area contributed by atoms with Crippen molar-refractivity contribution < 1.29 is 24.2 Å². The van der Waals surface area contributed by atoms with Crippen molar-refractivity contribution in [2.45, 2.75) is 57.8 Å². The van der Waals surface area contributed by atoms with Crippen molar-refractivity contribution in [3.63, 3.8) is 0 Å². The van der Waals surface area contributed by atoms with Crippen LogP contribution in [-0.4, -0.2) is 65.2 Å². The van der Waals surface area contributed by atoms with Crippen LogP contribution in [0.2, 0.25) is 0 Å². The summed E-state index contributed by atoms with van der Waals surface area (Å²) in [5, 5.41) is 15.5. The van der Waals surface area contributed by atoms with Gasteiger partial charge in [-0.3, -0.25) is 14.4 Å². The van der Waals surface area contributed by atoms with E-state index < -0.39 is 23.5 Å². The Balaban J connectivity index is 1.68. The summed E-state index contributed by atoms with van der Waals surface area (Å²) in [5.74, 6) is -2.12. The van der Waals surface area contributed by atoms with Crippen molar-refractivity contribution in [3.8, 4) is 0 Å². The molecule has 0 aromatic heterocycles. The molecule has 3 aliphatic heterocycles. The summed E-state index contributed by atoms with van der Waals surface area (Å²) in [6.45, 7) is 6.10. The van der Waals surface area contributed by atoms with Gasteiger partial charge >= 0.3 is 0 Å². The van der Waals surface area contributed by atoms with Gasteiger partial charge in [-0.15, -0.1) is 0 Å². The minimum Gasteiger partial charge on any atom is -0.395 e. The van der Waals surface area contributed by atoms with Gasteiger partial charge in [-0.2, -0.15) is 0 Å². The lowest BCUT2D eigenvalue weighted by Gasteiger charge is -2.33. The van der Waals surface area contributed by atoms with Gasteiger partial charge in [-0.25, -0.2) is 0 Å². The third-order valence-corrected chi connectivity index (χ3v) is 6.97. The number of likely N-dealkylation sites (tertiary alicyclic amines) is 1. The van der Waals surface area contributed by atoms with Crippen LogP contribution < -0.4 is 10.6 Å². The van der Waals surface area contributed by atoms with E-state index in [0.717, 1.165) is 17.5 Å². The summed E-state index contributed by atoms with van der Waals surface area (Å²) in [6.07, 6.45) is 1.61. The first-order valence-corrected chi connectivity index (χ1v) is 11.1. The maximum absolute atomic E-state index is 13.6. The molecule has 31 heavy (non-hydrogen) atoms. The second-order valence-corrected chi connectivity index (χ2v) is 8.86. The summed E-state index contributed by atoms with van der Waals surface area (Å²) in [5.41, 5.74) is 1.53. The molecule has 168 valence electrons. The summed E-state index contributed by atoms with van der Waals surface area (Å²) < 4.78 is 6.31. The van der Waals surface area contributed by atoms with Crippen LogP contribution in [0.15, 0.2) is 18.2 Å². The van der Waals surface area contributed by atoms with E-state index in [4.69, 9.17) is 4.74 Å². The van der Waals surface area contributed by atoms with Crippen LogP contribution in [0.5, 0.6) is 0 Å². The van der Waals surface area contributed by atoms with Gasteiger partial charge in [-0.05, 0) is 44.2 Å². The first kappa shape index (κ1) is 21.8. The van der Waals surface area contributed by atoms with Crippen molar-refractivity contribution in [2.75, 3.05) is 25.0 Å². The fourth-order valence-corrected chi connectivity index (χ4v) is 5.67. The van der Waals surface area contributed by atoms with Crippen molar-refractivity contribution in [2.24, 2.45) is 11.8 Å². The number of para-hydroxylation sites is 1. The molecule has 2 bridgehead atoms. The molecule has 1 spiro atoms. The topological polar surface area (TPSA) is 108 Å². The Labute approximate surface area is 182 Å². The number of hydrogen-bond donors (Lipinski definition) is 3. The molecule has 4 rings (SSSR count). The summed E-state index contributed by atoms with van der Waals surface area (Å²) in [4.78, 5) is 41.3. The van der Waals surface area contributed by atoms with Crippen molar-refractivity contribution >= 4 is 23.4 Å². The average Bonchev–Trinajstić information content (AvgIpc) is 3.37. The zero-order chi connectivity index (χ0) is 22.3. The Morgan fingerprint density at radius 1 is 1.26 bits per heavy atom. The van der Waals surface area contributed by atoms with Gasteiger partial charge in [0.1, 0.15) is 11.6 Å². The number of β-amino-alcohol motifs (C(OH)–C–C–N with tert-alkyl or cyclic N) is 1. The summed E-state index contributed by atoms with van der Waals surface area (Å²) in [7, 11) is 0. The highest BCUT2D eigenvalue weighted by Crippen LogP contribution is 2.58. The molecule has 3 amide bonds. The molecule has 3 saturated heterocycles. The highest BCUT2D eigenvalue weighted by Gasteiger charge is 2.74. The van der Waals surface area contributed by atoms with Crippen molar-refractivity contribution in [1.82, 2.24) is 10.2 Å². The highest BCUT2D eigenvalue weighted by molar-refractivity contribution is 6.04. The molecule has 8 heteroatoms. The number of aliphatic hydroxyl groups excluding tert-OH is 1. The van der Waals surface area contributed by atoms with Crippen LogP contribution in [0.25, 0.3) is 0 Å². The molecule has 0 aliphatic carbocycles. The summed E-state index contributed by atoms with van der Waals surface area (Å²) in [6, 6.07) is 4.87. The highest BCUT2D eigenvalue weighted by atomic mass is 16.5. The Morgan fingerprint density at radius 2 is 1.97 bits per heavy atom. The number of nitrogens with zero attached hydrogens (tertiary/aromatic N) is 1. The van der Waals surface area contributed by atoms with Crippen LogP contribution in [0.1, 0.15) is 37.3 Å². The van der Waals surface area contributed by atoms with E-state index in [0.29, 0.717) is 25.1 Å². The van der Waals surface area contributed by atoms with Crippen LogP contribution in [0, 0.1) is 25.7 Å². The molecular weight excluding hydrogens is 398 g/mol. The van der Waals surface area contributed by atoms with E-state index in [1.165, 1.54) is 4.90 Å². The number of hydrogen-bond acceptors (Lipinski definition) is 5. The molecule has 1 aromatic rings. The van der Waals surface area contributed by atoms with Gasteiger partial charge in [0.2, 0.25) is 17.7 Å². The Kier molecular flexibility index (Phi) is 5.79. The molecule has 3 N–H and O–H groups in total. The number of carbonyl (C=O) groups excluding carboxylic acids is 3. The number of amides is 3. The molecule has 0 radical (unpaired) electrons. The van der Waals surface area contributed by atoms with Gasteiger partial charge < -0.3 is 25.4 Å². The predicted octanol–water partition coefficient (Wildman–Crippen LogP) is 1.14. The minimum atomic E-state index is -1.04. The van der Waals surface area contributed by atoms with E-state index in [2.05, 4.69) is 10.6 Å². The Bertz CT molecular complexity index is 883. The number of benzene rings is 1. The largest absolute Gasteiger partial charge is 0.395 e. The number of aliphatic hydroxyl groups is 1. The zero-order valence-corrected chi connectivity index (χ0v) is 18.3. The maximum atomic E-state index is 13.6. The molecule has 3 heterocycles. The molecule has 0 saturated carbocycles. The average molecular weight is 430 g/mol. The molecular formula is C23H31N3O5. The third-order valence-electron chi connectivity index (χ3n) is 6.97. The van der Waals surface area contributed by atoms with E-state index in [1.807, 2.05) is 39.0 Å². The van der Waals surface area contributed by atoms with Gasteiger partial charge in [-0.1, -0.05) is 25.1 Å². The lowest BCUT2D eigenvalue weighted by Crippen LogP contribution is -2.54. The monoisotopic (exact) mass is 429 g/mol. The van der Waals surface area contributed by atoms with Crippen LogP contribution >= 0.6 is 0 Å². The fourth-order valence-electron chi connectivity index (χ4n) is 5.67. The Morgan fingerprint density at radius 3 is 2.61 bits per heavy atom. The first-order valence-electron chi connectivity index (χ1n) is 11.1. The Hall–Kier alpha value is -2.45. The van der Waals surface area contributed by atoms with Crippen molar-refractivity contribution in [3.05, 3.63) is 29.3 Å². The van der Waals surface area contributed by atoms with Gasteiger partial charge in [0.15, 0.2) is 0 Å². The smallest absolute Gasteiger partial charge is 0.250 e. The molecule has 5 atom stereocenters. The number of anilines is 1. The van der Waals surface area contributed by atoms with Gasteiger partial charge in [0.25, 0.3) is 0 Å². The van der Waals surface area contributed by atoms with E-state index in [1.54, 1.807) is 0 Å². The summed E-state index contributed by atoms with van der Waals surface area (Å²) >= 11 is 0.